The zero-order valence-electron chi connectivity index (χ0n) is 56.1. The zero-order chi connectivity index (χ0) is 64.5. The van der Waals surface area contributed by atoms with Crippen LogP contribution < -0.4 is 26.2 Å². The first kappa shape index (κ1) is 57.6. The first-order chi connectivity index (χ1) is 45.2. The highest BCUT2D eigenvalue weighted by molar-refractivity contribution is 7.00. The van der Waals surface area contributed by atoms with E-state index in [-0.39, 0.29) is 28.4 Å². The van der Waals surface area contributed by atoms with Crippen molar-refractivity contribution < 1.29 is 0 Å². The fraction of sp³-hybridized carbons (Fsp3) is 0.182. The van der Waals surface area contributed by atoms with Crippen LogP contribution in [-0.4, -0.2) is 20.4 Å². The van der Waals surface area contributed by atoms with Crippen LogP contribution in [0.25, 0.3) is 93.6 Å². The fourth-order valence-corrected chi connectivity index (χ4v) is 15.6. The van der Waals surface area contributed by atoms with Crippen LogP contribution in [0, 0.1) is 0 Å². The summed E-state index contributed by atoms with van der Waals surface area (Å²) in [5.74, 6) is 0. The van der Waals surface area contributed by atoms with Gasteiger partial charge in [0.2, 0.25) is 0 Å². The topological polar surface area (TPSA) is 21.3 Å². The maximum absolute atomic E-state index is 2.69. The Morgan fingerprint density at radius 2 is 0.553 bits per heavy atom. The van der Waals surface area contributed by atoms with E-state index in [2.05, 4.69) is 361 Å². The number of para-hydroxylation sites is 6. The van der Waals surface area contributed by atoms with Crippen molar-refractivity contribution in [1.29, 1.82) is 0 Å². The van der Waals surface area contributed by atoms with Crippen molar-refractivity contribution in [2.45, 2.75) is 105 Å². The summed E-state index contributed by atoms with van der Waals surface area (Å²) >= 11 is 0. The molecule has 0 saturated carbocycles. The number of hydrogen-bond acceptors (Lipinski definition) is 2. The lowest BCUT2D eigenvalue weighted by Gasteiger charge is -2.45. The molecule has 12 aromatic carbocycles. The summed E-state index contributed by atoms with van der Waals surface area (Å²) < 4.78 is 7.44. The predicted molar refractivity (Wildman–Crippen MR) is 404 cm³/mol. The molecule has 0 unspecified atom stereocenters. The fourth-order valence-electron chi connectivity index (χ4n) is 15.6. The molecule has 17 rings (SSSR count). The monoisotopic (exact) mass is 1220 g/mol. The number of benzene rings is 12. The molecule has 0 saturated heterocycles. The average molecular weight is 1220 g/mol. The smallest absolute Gasteiger partial charge is 0.252 e. The lowest BCUT2D eigenvalue weighted by molar-refractivity contribution is 0.568. The number of hydrogen-bond donors (Lipinski definition) is 0. The standard InChI is InChI=1S/C88H78BN5/c1-85(2,3)57-45-58(86(4,5)6)48-64(47-57)93-80-53-78-70(67-35-23-26-38-75(67)91(78)62-30-18-14-19-31-62)51-72(80)89-73-52-71-68-36-24-27-39-76(68)92(63-32-20-15-21-33-63)79(71)54-81(73)94(65-49-59(87(7,8)9)46-60(50-65)88(10,11)12)83-44-56(43-82(93)84(83)89)55-40-41-77-69(42-55)66-34-22-25-37-74(66)90(77)61-28-16-13-17-29-61/h13-54H,1-12H3. The second-order valence-electron chi connectivity index (χ2n) is 30.7. The Morgan fingerprint density at radius 3 is 0.915 bits per heavy atom. The highest BCUT2D eigenvalue weighted by Gasteiger charge is 2.46. The second-order valence-corrected chi connectivity index (χ2v) is 30.7. The summed E-state index contributed by atoms with van der Waals surface area (Å²) in [6.45, 7) is 28.3. The van der Waals surface area contributed by atoms with Gasteiger partial charge in [-0.2, -0.15) is 0 Å². The SMILES string of the molecule is CC(C)(C)c1cc(N2c3cc4c(cc3B3c5cc6c7ccccc7n(-c7ccccc7)c6cc5N(c5cc(C(C)(C)C)cc(C(C)(C)C)c5)c5cc(-c6ccc7c(c6)c6ccccc6n7-c6ccccc6)cc2c53)c2ccccc2n4-c2ccccc2)cc(C(C)(C)C)c1. The minimum absolute atomic E-state index is 0.153. The molecular formula is C88H78BN5. The molecule has 0 aliphatic carbocycles. The van der Waals surface area contributed by atoms with E-state index in [0.29, 0.717) is 0 Å². The van der Waals surface area contributed by atoms with Gasteiger partial charge < -0.3 is 23.5 Å². The van der Waals surface area contributed by atoms with Gasteiger partial charge in [-0.05, 0) is 187 Å². The molecule has 0 atom stereocenters. The van der Waals surface area contributed by atoms with Crippen molar-refractivity contribution in [1.82, 2.24) is 13.7 Å². The Morgan fingerprint density at radius 1 is 0.234 bits per heavy atom. The van der Waals surface area contributed by atoms with E-state index in [1.54, 1.807) is 0 Å². The van der Waals surface area contributed by atoms with Crippen molar-refractivity contribution in [2.75, 3.05) is 9.80 Å². The third-order valence-corrected chi connectivity index (χ3v) is 20.5. The molecule has 2 aliphatic heterocycles. The van der Waals surface area contributed by atoms with Gasteiger partial charge in [0, 0.05) is 83.5 Å². The summed E-state index contributed by atoms with van der Waals surface area (Å²) in [7, 11) is 0. The Balaban J connectivity index is 1.07. The van der Waals surface area contributed by atoms with E-state index in [1.807, 2.05) is 0 Å². The van der Waals surface area contributed by atoms with Crippen molar-refractivity contribution in [3.63, 3.8) is 0 Å². The second kappa shape index (κ2) is 20.6. The summed E-state index contributed by atoms with van der Waals surface area (Å²) in [5.41, 5.74) is 28.3. The van der Waals surface area contributed by atoms with Gasteiger partial charge in [0.15, 0.2) is 0 Å². The van der Waals surface area contributed by atoms with Crippen LogP contribution in [-0.2, 0) is 21.7 Å². The van der Waals surface area contributed by atoms with Crippen molar-refractivity contribution in [3.8, 4) is 28.2 Å². The molecule has 5 nitrogen and oxygen atoms in total. The van der Waals surface area contributed by atoms with Crippen molar-refractivity contribution in [2.24, 2.45) is 0 Å². The first-order valence-corrected chi connectivity index (χ1v) is 33.6. The minimum Gasteiger partial charge on any atom is -0.311 e. The van der Waals surface area contributed by atoms with E-state index in [9.17, 15) is 0 Å². The van der Waals surface area contributed by atoms with Gasteiger partial charge in [0.25, 0.3) is 6.71 Å². The third kappa shape index (κ3) is 8.96. The molecule has 15 aromatic rings. The van der Waals surface area contributed by atoms with Gasteiger partial charge in [-0.25, -0.2) is 0 Å². The van der Waals surface area contributed by atoms with Crippen LogP contribution in [0.5, 0.6) is 0 Å². The molecule has 0 radical (unpaired) electrons. The van der Waals surface area contributed by atoms with Crippen LogP contribution in [0.15, 0.2) is 255 Å². The van der Waals surface area contributed by atoms with E-state index < -0.39 is 0 Å². The quantitative estimate of drug-likeness (QED) is 0.155. The van der Waals surface area contributed by atoms with Crippen LogP contribution in [0.4, 0.5) is 34.1 Å². The lowest BCUT2D eigenvalue weighted by atomic mass is 9.33. The lowest BCUT2D eigenvalue weighted by Crippen LogP contribution is -2.61. The molecule has 0 spiro atoms. The molecule has 3 aromatic heterocycles. The maximum atomic E-state index is 2.69. The maximum Gasteiger partial charge on any atom is 0.252 e. The number of nitrogens with zero attached hydrogens (tertiary/aromatic N) is 5. The highest BCUT2D eigenvalue weighted by Crippen LogP contribution is 2.51. The van der Waals surface area contributed by atoms with Gasteiger partial charge in [-0.15, -0.1) is 0 Å². The van der Waals surface area contributed by atoms with Gasteiger partial charge >= 0.3 is 0 Å². The van der Waals surface area contributed by atoms with Gasteiger partial charge in [0.05, 0.1) is 33.1 Å². The Kier molecular flexibility index (Phi) is 12.6. The summed E-state index contributed by atoms with van der Waals surface area (Å²) in [6.07, 6.45) is 0. The van der Waals surface area contributed by atoms with Crippen LogP contribution >= 0.6 is 0 Å². The van der Waals surface area contributed by atoms with Gasteiger partial charge in [-0.1, -0.05) is 223 Å². The largest absolute Gasteiger partial charge is 0.311 e. The molecule has 2 aliphatic rings. The molecule has 0 bridgehead atoms. The molecule has 0 amide bonds. The van der Waals surface area contributed by atoms with Gasteiger partial charge in [0.1, 0.15) is 0 Å². The number of rotatable bonds is 6. The first-order valence-electron chi connectivity index (χ1n) is 33.6. The molecule has 458 valence electrons. The molecular weight excluding hydrogens is 1140 g/mol. The number of anilines is 6. The van der Waals surface area contributed by atoms with Crippen LogP contribution in [0.1, 0.15) is 105 Å². The van der Waals surface area contributed by atoms with Crippen molar-refractivity contribution >= 4 is 123 Å². The minimum atomic E-state index is -0.199. The average Bonchev–Trinajstić information content (AvgIpc) is 1.70. The number of fused-ring (bicyclic) bond motifs is 13. The molecule has 5 heterocycles. The summed E-state index contributed by atoms with van der Waals surface area (Å²) in [5, 5.41) is 7.39. The third-order valence-electron chi connectivity index (χ3n) is 20.5. The van der Waals surface area contributed by atoms with E-state index in [0.717, 1.165) is 39.6 Å². The summed E-state index contributed by atoms with van der Waals surface area (Å²) in [4.78, 5) is 5.39. The van der Waals surface area contributed by atoms with E-state index in [4.69, 9.17) is 0 Å². The van der Waals surface area contributed by atoms with Crippen LogP contribution in [0.2, 0.25) is 0 Å². The van der Waals surface area contributed by atoms with E-state index in [1.165, 1.54) is 127 Å². The molecule has 6 heteroatoms. The molecule has 0 fully saturated rings. The Hall–Kier alpha value is -10.3. The molecule has 94 heavy (non-hydrogen) atoms. The normalized spacial score (nSPS) is 13.5. The Labute approximate surface area is 552 Å². The highest BCUT2D eigenvalue weighted by atomic mass is 15.2. The van der Waals surface area contributed by atoms with Crippen molar-refractivity contribution in [3.05, 3.63) is 277 Å². The molecule has 0 N–H and O–H groups in total. The predicted octanol–water partition coefficient (Wildman–Crippen LogP) is 21.9. The van der Waals surface area contributed by atoms with Crippen LogP contribution in [0.3, 0.4) is 0 Å². The Bertz CT molecular complexity index is 5270. The van der Waals surface area contributed by atoms with Gasteiger partial charge in [-0.3, -0.25) is 0 Å². The number of aromatic nitrogens is 3. The zero-order valence-corrected chi connectivity index (χ0v) is 56.1. The van der Waals surface area contributed by atoms with E-state index >= 15 is 0 Å². The summed E-state index contributed by atoms with van der Waals surface area (Å²) in [6, 6.07) is 97.6.